The Kier molecular flexibility index (Phi) is 3.09. The summed E-state index contributed by atoms with van der Waals surface area (Å²) in [5.74, 6) is 5.60. The molecule has 4 heteroatoms. The molecule has 3 nitrogen and oxygen atoms in total. The van der Waals surface area contributed by atoms with Crippen LogP contribution in [0.5, 0.6) is 0 Å². The Bertz CT molecular complexity index is 349. The second-order valence-electron chi connectivity index (χ2n) is 4.59. The van der Waals surface area contributed by atoms with Crippen LogP contribution >= 0.6 is 15.9 Å². The van der Waals surface area contributed by atoms with Gasteiger partial charge in [0.2, 0.25) is 0 Å². The molecule has 1 aromatic heterocycles. The van der Waals surface area contributed by atoms with Crippen LogP contribution in [0, 0.1) is 5.41 Å². The van der Waals surface area contributed by atoms with Gasteiger partial charge in [-0.2, -0.15) is 0 Å². The molecule has 0 amide bonds. The number of nitrogens with one attached hydrogen (secondary N) is 1. The summed E-state index contributed by atoms with van der Waals surface area (Å²) in [7, 11) is 0. The van der Waals surface area contributed by atoms with Crippen LogP contribution in [0.2, 0.25) is 0 Å². The van der Waals surface area contributed by atoms with Crippen molar-refractivity contribution in [2.45, 2.75) is 32.2 Å². The standard InChI is InChI=1S/C11H16BrN3/c1-11(2-3-11)10(15-13)5-8-4-9(12)7-14-6-8/h4,6-7,10,15H,2-3,5,13H2,1H3. The molecule has 3 N–H and O–H groups in total. The van der Waals surface area contributed by atoms with E-state index in [0.29, 0.717) is 11.5 Å². The Morgan fingerprint density at radius 1 is 1.60 bits per heavy atom. The van der Waals surface area contributed by atoms with E-state index in [-0.39, 0.29) is 0 Å². The average molecular weight is 270 g/mol. The summed E-state index contributed by atoms with van der Waals surface area (Å²) in [6.07, 6.45) is 7.18. The van der Waals surface area contributed by atoms with E-state index >= 15 is 0 Å². The van der Waals surface area contributed by atoms with Gasteiger partial charge in [-0.15, -0.1) is 0 Å². The molecule has 82 valence electrons. The Balaban J connectivity index is 2.06. The Morgan fingerprint density at radius 2 is 2.33 bits per heavy atom. The molecular formula is C11H16BrN3. The second kappa shape index (κ2) is 4.20. The normalized spacial score (nSPS) is 19.9. The van der Waals surface area contributed by atoms with Gasteiger partial charge in [-0.25, -0.2) is 0 Å². The maximum absolute atomic E-state index is 5.60. The lowest BCUT2D eigenvalue weighted by molar-refractivity contribution is 0.359. The lowest BCUT2D eigenvalue weighted by Gasteiger charge is -2.22. The number of halogens is 1. The minimum atomic E-state index is 0.355. The largest absolute Gasteiger partial charge is 0.271 e. The fraction of sp³-hybridized carbons (Fsp3) is 0.545. The molecule has 0 spiro atoms. The average Bonchev–Trinajstić information content (AvgIpc) is 2.94. The molecule has 1 saturated carbocycles. The van der Waals surface area contributed by atoms with Gasteiger partial charge in [-0.3, -0.25) is 16.3 Å². The number of pyridine rings is 1. The van der Waals surface area contributed by atoms with E-state index < -0.39 is 0 Å². The van der Waals surface area contributed by atoms with Gasteiger partial charge in [0.25, 0.3) is 0 Å². The first-order valence-corrected chi connectivity index (χ1v) is 5.99. The second-order valence-corrected chi connectivity index (χ2v) is 5.50. The molecule has 1 unspecified atom stereocenters. The molecule has 1 atom stereocenters. The molecule has 1 aliphatic rings. The van der Waals surface area contributed by atoms with E-state index in [1.165, 1.54) is 18.4 Å². The third-order valence-electron chi connectivity index (χ3n) is 3.28. The first-order valence-electron chi connectivity index (χ1n) is 5.20. The van der Waals surface area contributed by atoms with Crippen molar-refractivity contribution >= 4 is 15.9 Å². The molecule has 0 radical (unpaired) electrons. The van der Waals surface area contributed by atoms with Crippen molar-refractivity contribution < 1.29 is 0 Å². The maximum Gasteiger partial charge on any atom is 0.0410 e. The first-order chi connectivity index (χ1) is 7.14. The van der Waals surface area contributed by atoms with Crippen molar-refractivity contribution in [2.75, 3.05) is 0 Å². The molecule has 2 rings (SSSR count). The van der Waals surface area contributed by atoms with E-state index in [1.54, 1.807) is 6.20 Å². The minimum absolute atomic E-state index is 0.355. The van der Waals surface area contributed by atoms with Crippen LogP contribution in [-0.2, 0) is 6.42 Å². The van der Waals surface area contributed by atoms with Gasteiger partial charge in [-0.1, -0.05) is 6.92 Å². The lowest BCUT2D eigenvalue weighted by Crippen LogP contribution is -2.42. The molecule has 0 aliphatic heterocycles. The van der Waals surface area contributed by atoms with Gasteiger partial charge in [0, 0.05) is 22.9 Å². The highest BCUT2D eigenvalue weighted by atomic mass is 79.9. The molecular weight excluding hydrogens is 254 g/mol. The van der Waals surface area contributed by atoms with Crippen LogP contribution in [-0.4, -0.2) is 11.0 Å². The lowest BCUT2D eigenvalue weighted by atomic mass is 9.93. The van der Waals surface area contributed by atoms with Gasteiger partial charge in [0.1, 0.15) is 0 Å². The summed E-state index contributed by atoms with van der Waals surface area (Å²) in [5.41, 5.74) is 4.54. The highest BCUT2D eigenvalue weighted by molar-refractivity contribution is 9.10. The Morgan fingerprint density at radius 3 is 2.87 bits per heavy atom. The van der Waals surface area contributed by atoms with Crippen molar-refractivity contribution in [3.8, 4) is 0 Å². The summed E-state index contributed by atoms with van der Waals surface area (Å²) in [6.45, 7) is 2.28. The fourth-order valence-electron chi connectivity index (χ4n) is 1.86. The van der Waals surface area contributed by atoms with Gasteiger partial charge >= 0.3 is 0 Å². The van der Waals surface area contributed by atoms with Crippen molar-refractivity contribution in [2.24, 2.45) is 11.3 Å². The van der Waals surface area contributed by atoms with Crippen molar-refractivity contribution in [3.05, 3.63) is 28.5 Å². The Labute approximate surface area is 98.6 Å². The predicted molar refractivity (Wildman–Crippen MR) is 64.1 cm³/mol. The van der Waals surface area contributed by atoms with Crippen molar-refractivity contribution in [1.29, 1.82) is 0 Å². The zero-order valence-corrected chi connectivity index (χ0v) is 10.4. The molecule has 1 aromatic rings. The monoisotopic (exact) mass is 269 g/mol. The van der Waals surface area contributed by atoms with Crippen LogP contribution in [0.15, 0.2) is 22.9 Å². The number of rotatable bonds is 4. The number of nitrogens with two attached hydrogens (primary N) is 1. The van der Waals surface area contributed by atoms with Gasteiger partial charge < -0.3 is 0 Å². The molecule has 1 aliphatic carbocycles. The predicted octanol–water partition coefficient (Wildman–Crippen LogP) is 2.02. The SMILES string of the molecule is CC1(C(Cc2cncc(Br)c2)NN)CC1. The molecule has 1 fully saturated rings. The van der Waals surface area contributed by atoms with Crippen LogP contribution < -0.4 is 11.3 Å². The first kappa shape index (κ1) is 11.0. The maximum atomic E-state index is 5.60. The minimum Gasteiger partial charge on any atom is -0.271 e. The van der Waals surface area contributed by atoms with Crippen LogP contribution in [0.1, 0.15) is 25.3 Å². The summed E-state index contributed by atoms with van der Waals surface area (Å²) in [5, 5.41) is 0. The molecule has 15 heavy (non-hydrogen) atoms. The fourth-order valence-corrected chi connectivity index (χ4v) is 2.27. The van der Waals surface area contributed by atoms with Crippen LogP contribution in [0.3, 0.4) is 0 Å². The highest BCUT2D eigenvalue weighted by Gasteiger charge is 2.44. The molecule has 0 saturated heterocycles. The zero-order chi connectivity index (χ0) is 10.9. The van der Waals surface area contributed by atoms with E-state index in [4.69, 9.17) is 5.84 Å². The summed E-state index contributed by atoms with van der Waals surface area (Å²) < 4.78 is 1.02. The van der Waals surface area contributed by atoms with E-state index in [0.717, 1.165) is 10.9 Å². The van der Waals surface area contributed by atoms with Crippen molar-refractivity contribution in [3.63, 3.8) is 0 Å². The van der Waals surface area contributed by atoms with Gasteiger partial charge in [-0.05, 0) is 52.2 Å². The van der Waals surface area contributed by atoms with E-state index in [2.05, 4.69) is 39.3 Å². The Hall–Kier alpha value is -0.450. The highest BCUT2D eigenvalue weighted by Crippen LogP contribution is 2.48. The number of hydrogen-bond acceptors (Lipinski definition) is 3. The van der Waals surface area contributed by atoms with E-state index in [1.807, 2.05) is 6.20 Å². The van der Waals surface area contributed by atoms with Crippen LogP contribution in [0.4, 0.5) is 0 Å². The molecule has 1 heterocycles. The third kappa shape index (κ3) is 2.56. The van der Waals surface area contributed by atoms with Gasteiger partial charge in [0.15, 0.2) is 0 Å². The van der Waals surface area contributed by atoms with Gasteiger partial charge in [0.05, 0.1) is 0 Å². The quantitative estimate of drug-likeness (QED) is 0.650. The molecule has 0 aromatic carbocycles. The number of aromatic nitrogens is 1. The summed E-state index contributed by atoms with van der Waals surface area (Å²) in [6, 6.07) is 2.46. The summed E-state index contributed by atoms with van der Waals surface area (Å²) in [4.78, 5) is 4.16. The molecule has 0 bridgehead atoms. The third-order valence-corrected chi connectivity index (χ3v) is 3.72. The topological polar surface area (TPSA) is 50.9 Å². The number of nitrogens with zero attached hydrogens (tertiary/aromatic N) is 1. The number of hydrazine groups is 1. The number of hydrogen-bond donors (Lipinski definition) is 2. The smallest absolute Gasteiger partial charge is 0.0410 e. The van der Waals surface area contributed by atoms with E-state index in [9.17, 15) is 0 Å². The summed E-state index contributed by atoms with van der Waals surface area (Å²) >= 11 is 3.43. The zero-order valence-electron chi connectivity index (χ0n) is 8.83. The van der Waals surface area contributed by atoms with Crippen molar-refractivity contribution in [1.82, 2.24) is 10.4 Å². The van der Waals surface area contributed by atoms with Crippen LogP contribution in [0.25, 0.3) is 0 Å².